The lowest BCUT2D eigenvalue weighted by Crippen LogP contribution is -1.99. The first kappa shape index (κ1) is 12.6. The maximum Gasteiger partial charge on any atom is 0.0243 e. The van der Waals surface area contributed by atoms with Crippen LogP contribution in [0.4, 0.5) is 0 Å². The van der Waals surface area contributed by atoms with Crippen molar-refractivity contribution in [1.82, 2.24) is 0 Å². The third-order valence-electron chi connectivity index (χ3n) is 3.67. The highest BCUT2D eigenvalue weighted by atomic mass is 127. The van der Waals surface area contributed by atoms with E-state index in [9.17, 15) is 0 Å². The number of benzene rings is 2. The molecule has 2 aromatic carbocycles. The van der Waals surface area contributed by atoms with Gasteiger partial charge in [-0.1, -0.05) is 30.3 Å². The summed E-state index contributed by atoms with van der Waals surface area (Å²) in [5.41, 5.74) is 8.37. The maximum atomic E-state index is 2.48. The molecule has 0 heterocycles. The minimum Gasteiger partial charge on any atom is -0.0622 e. The zero-order chi connectivity index (χ0) is 12.6. The smallest absolute Gasteiger partial charge is 0.0243 e. The summed E-state index contributed by atoms with van der Waals surface area (Å²) < 4.78 is 1.38. The average molecular weight is 336 g/mol. The molecule has 0 aliphatic carbocycles. The van der Waals surface area contributed by atoms with E-state index in [1.807, 2.05) is 0 Å². The van der Waals surface area contributed by atoms with Gasteiger partial charge in [0.2, 0.25) is 0 Å². The van der Waals surface area contributed by atoms with Crippen molar-refractivity contribution in [2.75, 3.05) is 0 Å². The summed E-state index contributed by atoms with van der Waals surface area (Å²) in [5, 5.41) is 0. The molecule has 2 aromatic rings. The highest BCUT2D eigenvalue weighted by Gasteiger charge is 2.14. The van der Waals surface area contributed by atoms with Crippen LogP contribution in [0.5, 0.6) is 0 Å². The molecule has 0 bridgehead atoms. The van der Waals surface area contributed by atoms with Crippen molar-refractivity contribution in [1.29, 1.82) is 0 Å². The Kier molecular flexibility index (Phi) is 3.57. The Labute approximate surface area is 117 Å². The van der Waals surface area contributed by atoms with Gasteiger partial charge in [0.05, 0.1) is 0 Å². The standard InChI is InChI=1S/C16H17I/c1-10-11(2)13(4)16(17)15(12(10)3)14-8-6-5-7-9-14/h5-9H,1-4H3. The molecule has 0 N–H and O–H groups in total. The third-order valence-corrected chi connectivity index (χ3v) is 5.02. The Morgan fingerprint density at radius 2 is 1.24 bits per heavy atom. The number of halogens is 1. The molecular weight excluding hydrogens is 319 g/mol. The lowest BCUT2D eigenvalue weighted by atomic mass is 9.91. The third kappa shape index (κ3) is 2.13. The second-order valence-electron chi connectivity index (χ2n) is 4.56. The lowest BCUT2D eigenvalue weighted by molar-refractivity contribution is 1.20. The second kappa shape index (κ2) is 4.81. The van der Waals surface area contributed by atoms with E-state index in [4.69, 9.17) is 0 Å². The molecule has 0 aliphatic heterocycles. The van der Waals surface area contributed by atoms with Gasteiger partial charge in [-0.15, -0.1) is 0 Å². The topological polar surface area (TPSA) is 0 Å². The predicted octanol–water partition coefficient (Wildman–Crippen LogP) is 5.19. The average Bonchev–Trinajstić information content (AvgIpc) is 2.36. The molecule has 0 atom stereocenters. The van der Waals surface area contributed by atoms with Gasteiger partial charge >= 0.3 is 0 Å². The van der Waals surface area contributed by atoms with Gasteiger partial charge in [-0.2, -0.15) is 0 Å². The van der Waals surface area contributed by atoms with Gasteiger partial charge in [0, 0.05) is 3.57 Å². The fourth-order valence-corrected chi connectivity index (χ4v) is 3.34. The van der Waals surface area contributed by atoms with Crippen LogP contribution in [0.2, 0.25) is 0 Å². The Bertz CT molecular complexity index is 524. The normalized spacial score (nSPS) is 10.6. The first-order valence-electron chi connectivity index (χ1n) is 5.85. The molecular formula is C16H17I. The van der Waals surface area contributed by atoms with E-state index in [0.29, 0.717) is 0 Å². The summed E-state index contributed by atoms with van der Waals surface area (Å²) in [7, 11) is 0. The molecule has 0 saturated carbocycles. The minimum atomic E-state index is 1.32. The first-order valence-corrected chi connectivity index (χ1v) is 6.93. The SMILES string of the molecule is Cc1c(C)c(C)c(-c2ccccc2)c(I)c1C. The van der Waals surface area contributed by atoms with E-state index in [1.54, 1.807) is 0 Å². The highest BCUT2D eigenvalue weighted by Crippen LogP contribution is 2.35. The van der Waals surface area contributed by atoms with Crippen LogP contribution in [0, 0.1) is 31.3 Å². The fraction of sp³-hybridized carbons (Fsp3) is 0.250. The number of hydrogen-bond donors (Lipinski definition) is 0. The van der Waals surface area contributed by atoms with Gasteiger partial charge in [-0.05, 0) is 83.7 Å². The summed E-state index contributed by atoms with van der Waals surface area (Å²) >= 11 is 2.48. The van der Waals surface area contributed by atoms with Gasteiger partial charge in [0.15, 0.2) is 0 Å². The molecule has 1 heteroatoms. The Hall–Kier alpha value is -0.830. The summed E-state index contributed by atoms with van der Waals surface area (Å²) in [4.78, 5) is 0. The number of rotatable bonds is 1. The Morgan fingerprint density at radius 1 is 0.706 bits per heavy atom. The summed E-state index contributed by atoms with van der Waals surface area (Å²) in [6.07, 6.45) is 0. The molecule has 0 saturated heterocycles. The molecule has 2 rings (SSSR count). The zero-order valence-electron chi connectivity index (χ0n) is 10.8. The van der Waals surface area contributed by atoms with Crippen molar-refractivity contribution < 1.29 is 0 Å². The van der Waals surface area contributed by atoms with Gasteiger partial charge < -0.3 is 0 Å². The van der Waals surface area contributed by atoms with E-state index in [-0.39, 0.29) is 0 Å². The van der Waals surface area contributed by atoms with Crippen molar-refractivity contribution in [3.05, 3.63) is 56.2 Å². The summed E-state index contributed by atoms with van der Waals surface area (Å²) in [6, 6.07) is 10.7. The van der Waals surface area contributed by atoms with Crippen molar-refractivity contribution in [2.45, 2.75) is 27.7 Å². The van der Waals surface area contributed by atoms with E-state index < -0.39 is 0 Å². The van der Waals surface area contributed by atoms with Crippen LogP contribution in [-0.4, -0.2) is 0 Å². The maximum absolute atomic E-state index is 2.48. The van der Waals surface area contributed by atoms with Crippen LogP contribution in [0.25, 0.3) is 11.1 Å². The molecule has 0 aromatic heterocycles. The minimum absolute atomic E-state index is 1.32. The lowest BCUT2D eigenvalue weighted by Gasteiger charge is -2.17. The van der Waals surface area contributed by atoms with Crippen molar-refractivity contribution in [2.24, 2.45) is 0 Å². The van der Waals surface area contributed by atoms with Crippen LogP contribution in [0.1, 0.15) is 22.3 Å². The van der Waals surface area contributed by atoms with E-state index in [2.05, 4.69) is 80.6 Å². The van der Waals surface area contributed by atoms with Crippen LogP contribution in [0.3, 0.4) is 0 Å². The predicted molar refractivity (Wildman–Crippen MR) is 83.5 cm³/mol. The van der Waals surface area contributed by atoms with Gasteiger partial charge in [-0.3, -0.25) is 0 Å². The molecule has 88 valence electrons. The summed E-state index contributed by atoms with van der Waals surface area (Å²) in [6.45, 7) is 8.89. The molecule has 0 aliphatic rings. The molecule has 0 unspecified atom stereocenters. The van der Waals surface area contributed by atoms with Gasteiger partial charge in [0.25, 0.3) is 0 Å². The fourth-order valence-electron chi connectivity index (χ4n) is 2.21. The largest absolute Gasteiger partial charge is 0.0622 e. The summed E-state index contributed by atoms with van der Waals surface area (Å²) in [5.74, 6) is 0. The van der Waals surface area contributed by atoms with Crippen molar-refractivity contribution in [3.8, 4) is 11.1 Å². The highest BCUT2D eigenvalue weighted by molar-refractivity contribution is 14.1. The van der Waals surface area contributed by atoms with Crippen LogP contribution in [-0.2, 0) is 0 Å². The van der Waals surface area contributed by atoms with E-state index >= 15 is 0 Å². The molecule has 0 nitrogen and oxygen atoms in total. The van der Waals surface area contributed by atoms with Crippen molar-refractivity contribution >= 4 is 22.6 Å². The molecule has 0 spiro atoms. The monoisotopic (exact) mass is 336 g/mol. The Balaban J connectivity index is 2.80. The second-order valence-corrected chi connectivity index (χ2v) is 5.63. The zero-order valence-corrected chi connectivity index (χ0v) is 12.9. The molecule has 0 fully saturated rings. The molecule has 0 radical (unpaired) electrons. The van der Waals surface area contributed by atoms with E-state index in [0.717, 1.165) is 0 Å². The Morgan fingerprint density at radius 3 is 1.82 bits per heavy atom. The quantitative estimate of drug-likeness (QED) is 0.629. The first-order chi connectivity index (χ1) is 8.04. The van der Waals surface area contributed by atoms with Crippen LogP contribution in [0.15, 0.2) is 30.3 Å². The van der Waals surface area contributed by atoms with Crippen LogP contribution < -0.4 is 0 Å². The van der Waals surface area contributed by atoms with Crippen LogP contribution >= 0.6 is 22.6 Å². The molecule has 0 amide bonds. The molecule has 17 heavy (non-hydrogen) atoms. The number of hydrogen-bond acceptors (Lipinski definition) is 0. The van der Waals surface area contributed by atoms with Gasteiger partial charge in [0.1, 0.15) is 0 Å². The van der Waals surface area contributed by atoms with Crippen molar-refractivity contribution in [3.63, 3.8) is 0 Å². The van der Waals surface area contributed by atoms with E-state index in [1.165, 1.54) is 37.0 Å². The van der Waals surface area contributed by atoms with Gasteiger partial charge in [-0.25, -0.2) is 0 Å².